The number of nitro groups is 1. The average Bonchev–Trinajstić information content (AvgIpc) is 2.43. The summed E-state index contributed by atoms with van der Waals surface area (Å²) in [5.41, 5.74) is 2.08. The van der Waals surface area contributed by atoms with Crippen LogP contribution in [0.15, 0.2) is 33.3 Å². The van der Waals surface area contributed by atoms with Crippen molar-refractivity contribution >= 4 is 43.5 Å². The molecule has 0 saturated carbocycles. The van der Waals surface area contributed by atoms with Gasteiger partial charge in [-0.05, 0) is 37.9 Å². The molecule has 2 aromatic rings. The van der Waals surface area contributed by atoms with Gasteiger partial charge >= 0.3 is 5.69 Å². The van der Waals surface area contributed by atoms with Gasteiger partial charge in [-0.2, -0.15) is 4.98 Å². The summed E-state index contributed by atoms with van der Waals surface area (Å²) in [6.07, 6.45) is 1.42. The zero-order chi connectivity index (χ0) is 14.7. The van der Waals surface area contributed by atoms with Crippen LogP contribution in [-0.4, -0.2) is 14.9 Å². The van der Waals surface area contributed by atoms with Crippen LogP contribution in [0.1, 0.15) is 0 Å². The Kier molecular flexibility index (Phi) is 4.47. The number of halogens is 2. The molecular formula is C10H7Br2N5O3. The summed E-state index contributed by atoms with van der Waals surface area (Å²) in [6.45, 7) is 0. The molecule has 0 aliphatic heterocycles. The molecule has 10 heteroatoms. The number of aromatic nitrogens is 2. The Balaban J connectivity index is 2.47. The first-order valence-electron chi connectivity index (χ1n) is 5.13. The molecule has 0 amide bonds. The highest BCUT2D eigenvalue weighted by Gasteiger charge is 2.20. The van der Waals surface area contributed by atoms with Crippen molar-refractivity contribution in [3.63, 3.8) is 0 Å². The van der Waals surface area contributed by atoms with Crippen LogP contribution in [0.3, 0.4) is 0 Å². The highest BCUT2D eigenvalue weighted by Crippen LogP contribution is 2.39. The van der Waals surface area contributed by atoms with E-state index in [2.05, 4.69) is 47.3 Å². The van der Waals surface area contributed by atoms with Crippen molar-refractivity contribution in [2.75, 3.05) is 5.43 Å². The number of ether oxygens (including phenoxy) is 1. The smallest absolute Gasteiger partial charge is 0.312 e. The van der Waals surface area contributed by atoms with Crippen LogP contribution < -0.4 is 16.0 Å². The van der Waals surface area contributed by atoms with Crippen molar-refractivity contribution in [1.29, 1.82) is 0 Å². The van der Waals surface area contributed by atoms with Gasteiger partial charge in [-0.1, -0.05) is 6.07 Å². The van der Waals surface area contributed by atoms with Crippen LogP contribution in [0.5, 0.6) is 11.6 Å². The number of para-hydroxylation sites is 1. The molecule has 0 unspecified atom stereocenters. The number of rotatable bonds is 4. The Morgan fingerprint density at radius 2 is 2.10 bits per heavy atom. The van der Waals surface area contributed by atoms with E-state index in [9.17, 15) is 10.1 Å². The molecule has 0 spiro atoms. The lowest BCUT2D eigenvalue weighted by Crippen LogP contribution is -2.10. The number of nitrogens with two attached hydrogens (primary N) is 1. The van der Waals surface area contributed by atoms with E-state index in [4.69, 9.17) is 10.6 Å². The van der Waals surface area contributed by atoms with Gasteiger partial charge in [0.15, 0.2) is 0 Å². The van der Waals surface area contributed by atoms with Gasteiger partial charge in [0.1, 0.15) is 0 Å². The second-order valence-corrected chi connectivity index (χ2v) is 5.15. The molecule has 0 bridgehead atoms. The highest BCUT2D eigenvalue weighted by atomic mass is 79.9. The zero-order valence-corrected chi connectivity index (χ0v) is 12.9. The molecule has 1 aromatic carbocycles. The van der Waals surface area contributed by atoms with Crippen molar-refractivity contribution in [1.82, 2.24) is 9.97 Å². The highest BCUT2D eigenvalue weighted by molar-refractivity contribution is 9.11. The molecule has 0 aliphatic carbocycles. The van der Waals surface area contributed by atoms with Crippen molar-refractivity contribution in [3.8, 4) is 11.6 Å². The lowest BCUT2D eigenvalue weighted by Gasteiger charge is -2.09. The quantitative estimate of drug-likeness (QED) is 0.457. The van der Waals surface area contributed by atoms with Gasteiger partial charge in [0.25, 0.3) is 0 Å². The van der Waals surface area contributed by atoms with E-state index >= 15 is 0 Å². The third-order valence-corrected chi connectivity index (χ3v) is 3.35. The standard InChI is InChI=1S/C10H7Br2N5O3/c11-5-2-1-3-7(17(18)19)8(5)20-9-6(12)4-14-10(15-9)16-13/h1-4H,13H2,(H,14,15,16). The first kappa shape index (κ1) is 14.6. The molecule has 0 atom stereocenters. The molecule has 3 N–H and O–H groups in total. The Hall–Kier alpha value is -1.78. The van der Waals surface area contributed by atoms with Crippen LogP contribution in [0.2, 0.25) is 0 Å². The summed E-state index contributed by atoms with van der Waals surface area (Å²) in [5, 5.41) is 11.0. The molecule has 0 aliphatic rings. The number of nitrogen functional groups attached to an aromatic ring is 1. The van der Waals surface area contributed by atoms with Crippen LogP contribution in [0.25, 0.3) is 0 Å². The topological polar surface area (TPSA) is 116 Å². The number of nitrogens with one attached hydrogen (secondary N) is 1. The van der Waals surface area contributed by atoms with Gasteiger partial charge in [-0.25, -0.2) is 10.8 Å². The fraction of sp³-hybridized carbons (Fsp3) is 0. The molecule has 0 radical (unpaired) electrons. The molecule has 8 nitrogen and oxygen atoms in total. The van der Waals surface area contributed by atoms with Crippen molar-refractivity contribution < 1.29 is 9.66 Å². The van der Waals surface area contributed by atoms with E-state index in [-0.39, 0.29) is 23.3 Å². The fourth-order valence-electron chi connectivity index (χ4n) is 1.33. The first-order valence-corrected chi connectivity index (χ1v) is 6.71. The van der Waals surface area contributed by atoms with Gasteiger partial charge in [0.2, 0.25) is 17.6 Å². The Morgan fingerprint density at radius 1 is 1.35 bits per heavy atom. The molecule has 104 valence electrons. The predicted octanol–water partition coefficient (Wildman–Crippen LogP) is 2.99. The predicted molar refractivity (Wildman–Crippen MR) is 78.4 cm³/mol. The van der Waals surface area contributed by atoms with E-state index in [0.717, 1.165) is 0 Å². The SMILES string of the molecule is NNc1ncc(Br)c(Oc2c(Br)cccc2[N+](=O)[O-])n1. The Labute approximate surface area is 129 Å². The molecule has 0 fully saturated rings. The zero-order valence-electron chi connectivity index (χ0n) is 9.71. The van der Waals surface area contributed by atoms with Gasteiger partial charge in [0.05, 0.1) is 20.1 Å². The van der Waals surface area contributed by atoms with Crippen molar-refractivity contribution in [3.05, 3.63) is 43.5 Å². The van der Waals surface area contributed by atoms with Crippen LogP contribution in [-0.2, 0) is 0 Å². The van der Waals surface area contributed by atoms with Gasteiger partial charge in [-0.15, -0.1) is 0 Å². The maximum Gasteiger partial charge on any atom is 0.312 e. The fourth-order valence-corrected chi connectivity index (χ4v) is 2.04. The van der Waals surface area contributed by atoms with Gasteiger partial charge in [0, 0.05) is 6.07 Å². The summed E-state index contributed by atoms with van der Waals surface area (Å²) in [4.78, 5) is 18.3. The lowest BCUT2D eigenvalue weighted by atomic mass is 10.3. The molecule has 20 heavy (non-hydrogen) atoms. The number of anilines is 1. The lowest BCUT2D eigenvalue weighted by molar-refractivity contribution is -0.385. The van der Waals surface area contributed by atoms with Crippen molar-refractivity contribution in [2.45, 2.75) is 0 Å². The summed E-state index contributed by atoms with van der Waals surface area (Å²) < 4.78 is 6.35. The van der Waals surface area contributed by atoms with E-state index in [0.29, 0.717) is 8.95 Å². The van der Waals surface area contributed by atoms with E-state index in [1.165, 1.54) is 18.3 Å². The molecular weight excluding hydrogens is 398 g/mol. The largest absolute Gasteiger partial charge is 0.429 e. The molecule has 0 saturated heterocycles. The first-order chi connectivity index (χ1) is 9.52. The minimum atomic E-state index is -0.544. The number of hydrazine groups is 1. The summed E-state index contributed by atoms with van der Waals surface area (Å²) in [7, 11) is 0. The molecule has 2 rings (SSSR count). The number of benzene rings is 1. The number of nitrogens with zero attached hydrogens (tertiary/aromatic N) is 3. The summed E-state index contributed by atoms with van der Waals surface area (Å²) >= 11 is 6.40. The van der Waals surface area contributed by atoms with Gasteiger partial charge in [-0.3, -0.25) is 15.5 Å². The monoisotopic (exact) mass is 403 g/mol. The van der Waals surface area contributed by atoms with Gasteiger partial charge < -0.3 is 4.74 Å². The number of nitro benzene ring substituents is 1. The van der Waals surface area contributed by atoms with Crippen LogP contribution in [0, 0.1) is 10.1 Å². The minimum absolute atomic E-state index is 0.0415. The van der Waals surface area contributed by atoms with E-state index in [1.54, 1.807) is 6.07 Å². The second kappa shape index (κ2) is 6.11. The van der Waals surface area contributed by atoms with Crippen LogP contribution >= 0.6 is 31.9 Å². The maximum atomic E-state index is 11.0. The average molecular weight is 405 g/mol. The number of hydrogen-bond donors (Lipinski definition) is 2. The van der Waals surface area contributed by atoms with E-state index in [1.807, 2.05) is 0 Å². The summed E-state index contributed by atoms with van der Waals surface area (Å²) in [5.74, 6) is 5.47. The minimum Gasteiger partial charge on any atom is -0.429 e. The van der Waals surface area contributed by atoms with Crippen molar-refractivity contribution in [2.24, 2.45) is 5.84 Å². The third kappa shape index (κ3) is 3.03. The summed E-state index contributed by atoms with van der Waals surface area (Å²) in [6, 6.07) is 4.49. The number of hydrogen-bond acceptors (Lipinski definition) is 7. The Morgan fingerprint density at radius 3 is 2.75 bits per heavy atom. The molecule has 1 aromatic heterocycles. The third-order valence-electron chi connectivity index (χ3n) is 2.18. The maximum absolute atomic E-state index is 11.0. The normalized spacial score (nSPS) is 10.2. The van der Waals surface area contributed by atoms with E-state index < -0.39 is 4.92 Å². The molecule has 1 heterocycles. The second-order valence-electron chi connectivity index (χ2n) is 3.44. The van der Waals surface area contributed by atoms with Crippen LogP contribution in [0.4, 0.5) is 11.6 Å². The Bertz CT molecular complexity index is 667.